The van der Waals surface area contributed by atoms with E-state index in [1.54, 1.807) is 18.2 Å². The minimum Gasteiger partial charge on any atom is -0.334 e. The van der Waals surface area contributed by atoms with E-state index in [0.717, 1.165) is 19.5 Å². The van der Waals surface area contributed by atoms with Gasteiger partial charge in [-0.2, -0.15) is 0 Å². The highest BCUT2D eigenvalue weighted by molar-refractivity contribution is 5.94. The summed E-state index contributed by atoms with van der Waals surface area (Å²) in [4.78, 5) is 14.4. The van der Waals surface area contributed by atoms with Crippen molar-refractivity contribution in [3.05, 3.63) is 35.6 Å². The lowest BCUT2D eigenvalue weighted by atomic mass is 10.0. The van der Waals surface area contributed by atoms with Crippen LogP contribution in [0.4, 0.5) is 4.39 Å². The van der Waals surface area contributed by atoms with E-state index in [4.69, 9.17) is 0 Å². The van der Waals surface area contributed by atoms with Crippen molar-refractivity contribution in [3.8, 4) is 0 Å². The SMILES string of the molecule is CC(C)C1CNCCCN1C(=O)c1ccccc1F. The van der Waals surface area contributed by atoms with E-state index in [0.29, 0.717) is 12.5 Å². The Morgan fingerprint density at radius 3 is 2.84 bits per heavy atom. The number of nitrogens with zero attached hydrogens (tertiary/aromatic N) is 1. The van der Waals surface area contributed by atoms with Crippen molar-refractivity contribution in [1.82, 2.24) is 10.2 Å². The summed E-state index contributed by atoms with van der Waals surface area (Å²) in [6, 6.07) is 6.34. The topological polar surface area (TPSA) is 32.3 Å². The maximum atomic E-state index is 13.8. The van der Waals surface area contributed by atoms with Crippen LogP contribution in [0.1, 0.15) is 30.6 Å². The summed E-state index contributed by atoms with van der Waals surface area (Å²) in [7, 11) is 0. The lowest BCUT2D eigenvalue weighted by molar-refractivity contribution is 0.0641. The molecule has 1 aliphatic heterocycles. The first-order valence-electron chi connectivity index (χ1n) is 6.87. The summed E-state index contributed by atoms with van der Waals surface area (Å²) < 4.78 is 13.8. The second-order valence-electron chi connectivity index (χ2n) is 5.35. The standard InChI is InChI=1S/C15H21FN2O/c1-11(2)14-10-17-8-5-9-18(14)15(19)12-6-3-4-7-13(12)16/h3-4,6-7,11,14,17H,5,8-10H2,1-2H3. The summed E-state index contributed by atoms with van der Waals surface area (Å²) >= 11 is 0. The van der Waals surface area contributed by atoms with E-state index < -0.39 is 5.82 Å². The largest absolute Gasteiger partial charge is 0.334 e. The van der Waals surface area contributed by atoms with Gasteiger partial charge in [0.25, 0.3) is 5.91 Å². The van der Waals surface area contributed by atoms with Crippen LogP contribution >= 0.6 is 0 Å². The molecule has 19 heavy (non-hydrogen) atoms. The van der Waals surface area contributed by atoms with Crippen LogP contribution in [-0.2, 0) is 0 Å². The van der Waals surface area contributed by atoms with Crippen molar-refractivity contribution in [2.75, 3.05) is 19.6 Å². The van der Waals surface area contributed by atoms with Gasteiger partial charge in [-0.1, -0.05) is 26.0 Å². The summed E-state index contributed by atoms with van der Waals surface area (Å²) in [6.07, 6.45) is 0.906. The fraction of sp³-hybridized carbons (Fsp3) is 0.533. The molecule has 0 radical (unpaired) electrons. The second-order valence-corrected chi connectivity index (χ2v) is 5.35. The van der Waals surface area contributed by atoms with E-state index in [1.807, 2.05) is 4.90 Å². The number of rotatable bonds is 2. The van der Waals surface area contributed by atoms with Crippen LogP contribution in [0.25, 0.3) is 0 Å². The van der Waals surface area contributed by atoms with Gasteiger partial charge in [0.1, 0.15) is 5.82 Å². The van der Waals surface area contributed by atoms with E-state index in [9.17, 15) is 9.18 Å². The Bertz CT molecular complexity index is 448. The quantitative estimate of drug-likeness (QED) is 0.889. The number of hydrogen-bond donors (Lipinski definition) is 1. The third-order valence-corrected chi connectivity index (χ3v) is 3.64. The molecule has 0 spiro atoms. The molecule has 0 aromatic heterocycles. The van der Waals surface area contributed by atoms with Crippen molar-refractivity contribution < 1.29 is 9.18 Å². The van der Waals surface area contributed by atoms with E-state index >= 15 is 0 Å². The molecular weight excluding hydrogens is 243 g/mol. The zero-order chi connectivity index (χ0) is 13.8. The molecule has 1 fully saturated rings. The zero-order valence-electron chi connectivity index (χ0n) is 11.5. The Morgan fingerprint density at radius 1 is 1.42 bits per heavy atom. The molecule has 1 unspecified atom stereocenters. The molecule has 1 aromatic rings. The average Bonchev–Trinajstić information content (AvgIpc) is 2.64. The minimum absolute atomic E-state index is 0.120. The van der Waals surface area contributed by atoms with Gasteiger partial charge in [-0.3, -0.25) is 4.79 Å². The Kier molecular flexibility index (Phi) is 4.53. The highest BCUT2D eigenvalue weighted by Crippen LogP contribution is 2.18. The first kappa shape index (κ1) is 14.0. The van der Waals surface area contributed by atoms with Crippen LogP contribution in [0, 0.1) is 11.7 Å². The molecule has 4 heteroatoms. The number of carbonyl (C=O) groups is 1. The molecule has 1 aliphatic rings. The molecule has 3 nitrogen and oxygen atoms in total. The second kappa shape index (κ2) is 6.15. The number of amides is 1. The van der Waals surface area contributed by atoms with Gasteiger partial charge in [-0.05, 0) is 31.0 Å². The van der Waals surface area contributed by atoms with Crippen LogP contribution in [0.5, 0.6) is 0 Å². The van der Waals surface area contributed by atoms with Gasteiger partial charge in [0.2, 0.25) is 0 Å². The zero-order valence-corrected chi connectivity index (χ0v) is 11.5. The molecule has 1 saturated heterocycles. The van der Waals surface area contributed by atoms with E-state index in [-0.39, 0.29) is 17.5 Å². The molecule has 1 amide bonds. The third-order valence-electron chi connectivity index (χ3n) is 3.64. The van der Waals surface area contributed by atoms with Crippen molar-refractivity contribution in [2.45, 2.75) is 26.3 Å². The maximum absolute atomic E-state index is 13.8. The molecular formula is C15H21FN2O. The Labute approximate surface area is 113 Å². The smallest absolute Gasteiger partial charge is 0.257 e. The lowest BCUT2D eigenvalue weighted by Gasteiger charge is -2.32. The van der Waals surface area contributed by atoms with Gasteiger partial charge in [0.15, 0.2) is 0 Å². The van der Waals surface area contributed by atoms with Crippen LogP contribution < -0.4 is 5.32 Å². The van der Waals surface area contributed by atoms with Gasteiger partial charge < -0.3 is 10.2 Å². The van der Waals surface area contributed by atoms with E-state index in [1.165, 1.54) is 6.07 Å². The molecule has 0 aliphatic carbocycles. The first-order chi connectivity index (χ1) is 9.11. The predicted molar refractivity (Wildman–Crippen MR) is 73.5 cm³/mol. The molecule has 1 aromatic carbocycles. The van der Waals surface area contributed by atoms with Crippen LogP contribution in [0.3, 0.4) is 0 Å². The molecule has 1 atom stereocenters. The first-order valence-corrected chi connectivity index (χ1v) is 6.87. The summed E-state index contributed by atoms with van der Waals surface area (Å²) in [6.45, 7) is 6.56. The predicted octanol–water partition coefficient (Wildman–Crippen LogP) is 2.29. The number of benzene rings is 1. The molecule has 2 rings (SSSR count). The van der Waals surface area contributed by atoms with Gasteiger partial charge >= 0.3 is 0 Å². The maximum Gasteiger partial charge on any atom is 0.257 e. The highest BCUT2D eigenvalue weighted by atomic mass is 19.1. The number of halogens is 1. The van der Waals surface area contributed by atoms with E-state index in [2.05, 4.69) is 19.2 Å². The average molecular weight is 264 g/mol. The Morgan fingerprint density at radius 2 is 2.16 bits per heavy atom. The molecule has 1 N–H and O–H groups in total. The summed E-state index contributed by atoms with van der Waals surface area (Å²) in [5, 5.41) is 3.34. The van der Waals surface area contributed by atoms with Crippen molar-refractivity contribution in [1.29, 1.82) is 0 Å². The van der Waals surface area contributed by atoms with Crippen molar-refractivity contribution in [2.24, 2.45) is 5.92 Å². The lowest BCUT2D eigenvalue weighted by Crippen LogP contribution is -2.46. The molecule has 0 saturated carbocycles. The minimum atomic E-state index is -0.438. The number of carbonyl (C=O) groups excluding carboxylic acids is 1. The molecule has 1 heterocycles. The molecule has 0 bridgehead atoms. The van der Waals surface area contributed by atoms with Crippen LogP contribution in [0.2, 0.25) is 0 Å². The van der Waals surface area contributed by atoms with Gasteiger partial charge in [0, 0.05) is 19.1 Å². The fourth-order valence-electron chi connectivity index (χ4n) is 2.54. The number of nitrogens with one attached hydrogen (secondary N) is 1. The van der Waals surface area contributed by atoms with Crippen LogP contribution in [-0.4, -0.2) is 36.5 Å². The van der Waals surface area contributed by atoms with Crippen LogP contribution in [0.15, 0.2) is 24.3 Å². The summed E-state index contributed by atoms with van der Waals surface area (Å²) in [5.41, 5.74) is 0.176. The monoisotopic (exact) mass is 264 g/mol. The fourth-order valence-corrected chi connectivity index (χ4v) is 2.54. The van der Waals surface area contributed by atoms with Gasteiger partial charge in [0.05, 0.1) is 5.56 Å². The molecule has 104 valence electrons. The summed E-state index contributed by atoms with van der Waals surface area (Å²) in [5.74, 6) is -0.283. The highest BCUT2D eigenvalue weighted by Gasteiger charge is 2.29. The van der Waals surface area contributed by atoms with Crippen molar-refractivity contribution >= 4 is 5.91 Å². The van der Waals surface area contributed by atoms with Gasteiger partial charge in [-0.25, -0.2) is 4.39 Å². The Hall–Kier alpha value is -1.42. The van der Waals surface area contributed by atoms with Gasteiger partial charge in [-0.15, -0.1) is 0 Å². The normalized spacial score (nSPS) is 20.4. The van der Waals surface area contributed by atoms with Crippen molar-refractivity contribution in [3.63, 3.8) is 0 Å². The third kappa shape index (κ3) is 3.13. The number of hydrogen-bond acceptors (Lipinski definition) is 2. The Balaban J connectivity index is 2.26.